The molecule has 0 radical (unpaired) electrons. The van der Waals surface area contributed by atoms with Crippen LogP contribution in [0.1, 0.15) is 33.4 Å². The van der Waals surface area contributed by atoms with Gasteiger partial charge >= 0.3 is 0 Å². The molecule has 0 fully saturated rings. The van der Waals surface area contributed by atoms with Crippen LogP contribution in [0.3, 0.4) is 0 Å². The van der Waals surface area contributed by atoms with E-state index in [4.69, 9.17) is 4.52 Å². The molecule has 0 bridgehead atoms. The van der Waals surface area contributed by atoms with Gasteiger partial charge in [0.05, 0.1) is 0 Å². The zero-order valence-corrected chi connectivity index (χ0v) is 17.4. The van der Waals surface area contributed by atoms with Crippen LogP contribution in [-0.4, -0.2) is 0 Å². The normalized spacial score (nSPS) is 11.0. The Bertz CT molecular complexity index is 891. The summed E-state index contributed by atoms with van der Waals surface area (Å²) in [6.45, 7) is 12.9. The number of hydrogen-bond donors (Lipinski definition) is 0. The third-order valence-corrected chi connectivity index (χ3v) is 6.92. The molecule has 0 saturated heterocycles. The maximum absolute atomic E-state index is 6.68. The lowest BCUT2D eigenvalue weighted by Crippen LogP contribution is -2.20. The molecule has 0 unspecified atom stereocenters. The average molecular weight is 362 g/mol. The Morgan fingerprint density at radius 3 is 1.38 bits per heavy atom. The second-order valence-electron chi connectivity index (χ2n) is 7.23. The molecule has 0 aliphatic rings. The van der Waals surface area contributed by atoms with Crippen molar-refractivity contribution in [3.8, 4) is 5.75 Å². The molecule has 0 aromatic heterocycles. The van der Waals surface area contributed by atoms with Crippen LogP contribution in [0.25, 0.3) is 0 Å². The molecule has 0 spiro atoms. The van der Waals surface area contributed by atoms with E-state index in [0.717, 1.165) is 5.75 Å². The molecule has 3 aromatic carbocycles. The van der Waals surface area contributed by atoms with Crippen molar-refractivity contribution in [2.24, 2.45) is 0 Å². The molecule has 3 rings (SSSR count). The predicted molar refractivity (Wildman–Crippen MR) is 115 cm³/mol. The maximum atomic E-state index is 6.68. The van der Waals surface area contributed by atoms with Gasteiger partial charge in [0, 0.05) is 10.6 Å². The van der Waals surface area contributed by atoms with Crippen molar-refractivity contribution in [2.75, 3.05) is 0 Å². The summed E-state index contributed by atoms with van der Waals surface area (Å²) in [5.41, 5.74) is 7.60. The molecule has 26 heavy (non-hydrogen) atoms. The molecule has 0 amide bonds. The van der Waals surface area contributed by atoms with E-state index >= 15 is 0 Å². The minimum Gasteiger partial charge on any atom is -0.464 e. The third kappa shape index (κ3) is 4.00. The van der Waals surface area contributed by atoms with Gasteiger partial charge in [-0.2, -0.15) is 0 Å². The summed E-state index contributed by atoms with van der Waals surface area (Å²) in [6, 6.07) is 19.8. The summed E-state index contributed by atoms with van der Waals surface area (Å²) in [6.07, 6.45) is 0. The summed E-state index contributed by atoms with van der Waals surface area (Å²) in [5, 5.41) is 2.58. The fraction of sp³-hybridized carbons (Fsp3) is 0.250. The van der Waals surface area contributed by atoms with Crippen LogP contribution < -0.4 is 15.1 Å². The predicted octanol–water partition coefficient (Wildman–Crippen LogP) is 5.96. The van der Waals surface area contributed by atoms with E-state index in [1.54, 1.807) is 0 Å². The maximum Gasteiger partial charge on any atom is 0.151 e. The largest absolute Gasteiger partial charge is 0.464 e. The van der Waals surface area contributed by atoms with Crippen molar-refractivity contribution in [2.45, 2.75) is 41.5 Å². The molecular weight excluding hydrogens is 335 g/mol. The van der Waals surface area contributed by atoms with E-state index in [0.29, 0.717) is 0 Å². The van der Waals surface area contributed by atoms with Crippen molar-refractivity contribution < 1.29 is 4.52 Å². The number of aryl methyl sites for hydroxylation is 6. The van der Waals surface area contributed by atoms with Gasteiger partial charge in [-0.25, -0.2) is 0 Å². The Hall–Kier alpha value is -2.11. The first-order valence-corrected chi connectivity index (χ1v) is 10.3. The Balaban J connectivity index is 2.12. The number of rotatable bonds is 4. The molecule has 1 nitrogen and oxygen atoms in total. The second-order valence-corrected chi connectivity index (χ2v) is 8.97. The van der Waals surface area contributed by atoms with Gasteiger partial charge in [0.2, 0.25) is 0 Å². The van der Waals surface area contributed by atoms with Gasteiger partial charge in [-0.3, -0.25) is 0 Å². The zero-order valence-electron chi connectivity index (χ0n) is 16.6. The zero-order chi connectivity index (χ0) is 18.8. The van der Waals surface area contributed by atoms with Gasteiger partial charge in [0.15, 0.2) is 8.15 Å². The smallest absolute Gasteiger partial charge is 0.151 e. The molecule has 2 heteroatoms. The van der Waals surface area contributed by atoms with Crippen LogP contribution in [0.4, 0.5) is 0 Å². The van der Waals surface area contributed by atoms with E-state index in [1.165, 1.54) is 44.0 Å². The van der Waals surface area contributed by atoms with E-state index in [2.05, 4.69) is 96.1 Å². The lowest BCUT2D eigenvalue weighted by Gasteiger charge is -2.24. The van der Waals surface area contributed by atoms with Crippen LogP contribution >= 0.6 is 8.15 Å². The van der Waals surface area contributed by atoms with Crippen molar-refractivity contribution in [3.63, 3.8) is 0 Å². The minimum atomic E-state index is -0.919. The second kappa shape index (κ2) is 7.64. The van der Waals surface area contributed by atoms with E-state index < -0.39 is 8.15 Å². The standard InChI is InChI=1S/C24H27OP/c1-16-7-10-22(19(4)13-16)25-26(23-11-8-17(2)14-20(23)5)24-12-9-18(3)15-21(24)6/h7-15H,1-6H3. The molecule has 0 aliphatic heterocycles. The third-order valence-electron chi connectivity index (χ3n) is 4.66. The van der Waals surface area contributed by atoms with Crippen LogP contribution in [-0.2, 0) is 0 Å². The van der Waals surface area contributed by atoms with Crippen molar-refractivity contribution in [1.29, 1.82) is 0 Å². The van der Waals surface area contributed by atoms with Gasteiger partial charge in [0.1, 0.15) is 5.75 Å². The first-order chi connectivity index (χ1) is 12.3. The first-order valence-electron chi connectivity index (χ1n) is 9.05. The highest BCUT2D eigenvalue weighted by molar-refractivity contribution is 7.69. The van der Waals surface area contributed by atoms with Crippen LogP contribution in [0.5, 0.6) is 5.75 Å². The van der Waals surface area contributed by atoms with E-state index in [9.17, 15) is 0 Å². The fourth-order valence-electron chi connectivity index (χ4n) is 3.29. The molecule has 3 aromatic rings. The molecule has 0 aliphatic carbocycles. The topological polar surface area (TPSA) is 9.23 Å². The summed E-state index contributed by atoms with van der Waals surface area (Å²) >= 11 is 0. The summed E-state index contributed by atoms with van der Waals surface area (Å²) in [4.78, 5) is 0. The monoisotopic (exact) mass is 362 g/mol. The Morgan fingerprint density at radius 1 is 0.538 bits per heavy atom. The van der Waals surface area contributed by atoms with Crippen LogP contribution in [0.15, 0.2) is 54.6 Å². The molecular formula is C24H27OP. The average Bonchev–Trinajstić information content (AvgIpc) is 2.56. The van der Waals surface area contributed by atoms with E-state index in [-0.39, 0.29) is 0 Å². The summed E-state index contributed by atoms with van der Waals surface area (Å²) in [5.74, 6) is 0.974. The fourth-order valence-corrected chi connectivity index (χ4v) is 5.34. The Morgan fingerprint density at radius 2 is 0.962 bits per heavy atom. The van der Waals surface area contributed by atoms with E-state index in [1.807, 2.05) is 0 Å². The molecule has 0 N–H and O–H groups in total. The van der Waals surface area contributed by atoms with Crippen molar-refractivity contribution in [3.05, 3.63) is 88.0 Å². The van der Waals surface area contributed by atoms with Gasteiger partial charge in [-0.1, -0.05) is 65.2 Å². The van der Waals surface area contributed by atoms with Gasteiger partial charge in [0.25, 0.3) is 0 Å². The lowest BCUT2D eigenvalue weighted by atomic mass is 10.1. The molecule has 0 saturated carbocycles. The molecule has 134 valence electrons. The van der Waals surface area contributed by atoms with Crippen LogP contribution in [0, 0.1) is 41.5 Å². The summed E-state index contributed by atoms with van der Waals surface area (Å²) in [7, 11) is -0.919. The van der Waals surface area contributed by atoms with Gasteiger partial charge < -0.3 is 4.52 Å². The quantitative estimate of drug-likeness (QED) is 0.520. The van der Waals surface area contributed by atoms with Crippen molar-refractivity contribution in [1.82, 2.24) is 0 Å². The highest BCUT2D eigenvalue weighted by Crippen LogP contribution is 2.40. The van der Waals surface area contributed by atoms with Crippen LogP contribution in [0.2, 0.25) is 0 Å². The Labute approximate surface area is 158 Å². The highest BCUT2D eigenvalue weighted by atomic mass is 31.1. The van der Waals surface area contributed by atoms with Gasteiger partial charge in [-0.05, 0) is 64.3 Å². The SMILES string of the molecule is Cc1ccc(OP(c2ccc(C)cc2C)c2ccc(C)cc2C)c(C)c1. The highest BCUT2D eigenvalue weighted by Gasteiger charge is 2.22. The van der Waals surface area contributed by atoms with Crippen molar-refractivity contribution >= 4 is 18.8 Å². The minimum absolute atomic E-state index is 0.919. The first kappa shape index (κ1) is 18.7. The van der Waals surface area contributed by atoms with Gasteiger partial charge in [-0.15, -0.1) is 0 Å². The Kier molecular flexibility index (Phi) is 5.49. The molecule has 0 atom stereocenters. The lowest BCUT2D eigenvalue weighted by molar-refractivity contribution is 0.623. The molecule has 0 heterocycles. The number of hydrogen-bond acceptors (Lipinski definition) is 1. The summed E-state index contributed by atoms with van der Waals surface area (Å²) < 4.78 is 6.68. The number of benzene rings is 3.